The molecule has 4 rings (SSSR count). The first kappa shape index (κ1) is 19.7. The summed E-state index contributed by atoms with van der Waals surface area (Å²) < 4.78 is 1.60. The number of thioether (sulfide) groups is 1. The average Bonchev–Trinajstić information content (AvgIpc) is 2.75. The molecule has 29 heavy (non-hydrogen) atoms. The molecular weight excluding hydrogens is 382 g/mol. The number of hydrogen-bond acceptors (Lipinski definition) is 4. The van der Waals surface area contributed by atoms with E-state index in [1.54, 1.807) is 10.6 Å². The number of nitrogens with one attached hydrogen (secondary N) is 1. The van der Waals surface area contributed by atoms with E-state index in [0.29, 0.717) is 22.0 Å². The van der Waals surface area contributed by atoms with Crippen molar-refractivity contribution in [2.24, 2.45) is 5.92 Å². The van der Waals surface area contributed by atoms with Crippen molar-refractivity contribution in [2.45, 2.75) is 43.8 Å². The van der Waals surface area contributed by atoms with Crippen LogP contribution in [0.1, 0.15) is 32.6 Å². The van der Waals surface area contributed by atoms with Crippen LogP contribution in [-0.4, -0.2) is 27.3 Å². The first-order valence-electron chi connectivity index (χ1n) is 10.1. The van der Waals surface area contributed by atoms with E-state index < -0.39 is 0 Å². The van der Waals surface area contributed by atoms with E-state index in [4.69, 9.17) is 4.98 Å². The molecule has 1 aromatic heterocycles. The van der Waals surface area contributed by atoms with Crippen LogP contribution in [0.5, 0.6) is 0 Å². The Morgan fingerprint density at radius 3 is 2.62 bits per heavy atom. The van der Waals surface area contributed by atoms with Gasteiger partial charge in [0.05, 0.1) is 22.3 Å². The summed E-state index contributed by atoms with van der Waals surface area (Å²) >= 11 is 1.31. The van der Waals surface area contributed by atoms with Gasteiger partial charge in [0, 0.05) is 6.04 Å². The maximum atomic E-state index is 13.2. The standard InChI is InChI=1S/C23H25N3O2S/c1-16-9-5-7-13-19(16)24-21(27)15-29-23-25-20-14-8-6-12-18(20)22(28)26(23)17-10-3-2-4-11-17/h2-4,6,8,10-12,14,16,19H,5,7,9,13,15H2,1H3,(H,24,27)/t16-,19+/m1/s1. The van der Waals surface area contributed by atoms with Crippen LogP contribution in [0.15, 0.2) is 64.5 Å². The van der Waals surface area contributed by atoms with Crippen LogP contribution in [0.25, 0.3) is 16.6 Å². The lowest BCUT2D eigenvalue weighted by atomic mass is 9.86. The first-order valence-corrected chi connectivity index (χ1v) is 11.1. The van der Waals surface area contributed by atoms with Crippen molar-refractivity contribution >= 4 is 28.6 Å². The number of hydrogen-bond donors (Lipinski definition) is 1. The number of carbonyl (C=O) groups is 1. The highest BCUT2D eigenvalue weighted by atomic mass is 32.2. The Morgan fingerprint density at radius 2 is 1.83 bits per heavy atom. The molecule has 0 spiro atoms. The maximum Gasteiger partial charge on any atom is 0.266 e. The molecule has 2 aromatic carbocycles. The van der Waals surface area contributed by atoms with Crippen molar-refractivity contribution in [3.63, 3.8) is 0 Å². The molecular formula is C23H25N3O2S. The topological polar surface area (TPSA) is 64.0 Å². The Kier molecular flexibility index (Phi) is 6.00. The number of carbonyl (C=O) groups excluding carboxylic acids is 1. The van der Waals surface area contributed by atoms with Gasteiger partial charge in [0.15, 0.2) is 5.16 Å². The quantitative estimate of drug-likeness (QED) is 0.509. The van der Waals surface area contributed by atoms with Crippen molar-refractivity contribution in [1.82, 2.24) is 14.9 Å². The summed E-state index contributed by atoms with van der Waals surface area (Å²) in [6.07, 6.45) is 4.62. The predicted molar refractivity (Wildman–Crippen MR) is 118 cm³/mol. The van der Waals surface area contributed by atoms with E-state index in [-0.39, 0.29) is 23.3 Å². The Labute approximate surface area is 174 Å². The van der Waals surface area contributed by atoms with Gasteiger partial charge < -0.3 is 5.32 Å². The van der Waals surface area contributed by atoms with Crippen LogP contribution in [0, 0.1) is 5.92 Å². The third-order valence-corrected chi connectivity index (χ3v) is 6.49. The Morgan fingerprint density at radius 1 is 1.10 bits per heavy atom. The minimum absolute atomic E-state index is 0.00392. The largest absolute Gasteiger partial charge is 0.352 e. The molecule has 3 aromatic rings. The Bertz CT molecular complexity index is 1060. The molecule has 6 heteroatoms. The molecule has 1 N–H and O–H groups in total. The second-order valence-electron chi connectivity index (χ2n) is 7.61. The van der Waals surface area contributed by atoms with E-state index in [9.17, 15) is 9.59 Å². The van der Waals surface area contributed by atoms with Crippen molar-refractivity contribution in [2.75, 3.05) is 5.75 Å². The second kappa shape index (κ2) is 8.82. The normalized spacial score (nSPS) is 19.2. The van der Waals surface area contributed by atoms with Gasteiger partial charge in [0.1, 0.15) is 0 Å². The summed E-state index contributed by atoms with van der Waals surface area (Å²) in [4.78, 5) is 30.4. The summed E-state index contributed by atoms with van der Waals surface area (Å²) in [5.74, 6) is 0.746. The Balaban J connectivity index is 1.61. The third-order valence-electron chi connectivity index (χ3n) is 5.55. The monoisotopic (exact) mass is 407 g/mol. The molecule has 1 saturated carbocycles. The number of para-hydroxylation sites is 2. The number of benzene rings is 2. The molecule has 0 bridgehead atoms. The number of fused-ring (bicyclic) bond motifs is 1. The second-order valence-corrected chi connectivity index (χ2v) is 8.55. The zero-order valence-corrected chi connectivity index (χ0v) is 17.3. The highest BCUT2D eigenvalue weighted by Crippen LogP contribution is 2.25. The van der Waals surface area contributed by atoms with Gasteiger partial charge in [-0.15, -0.1) is 0 Å². The minimum atomic E-state index is -0.120. The van der Waals surface area contributed by atoms with E-state index in [1.807, 2.05) is 48.5 Å². The summed E-state index contributed by atoms with van der Waals surface area (Å²) in [6, 6.07) is 17.0. The fourth-order valence-electron chi connectivity index (χ4n) is 3.92. The van der Waals surface area contributed by atoms with Gasteiger partial charge in [-0.3, -0.25) is 14.2 Å². The molecule has 2 atom stereocenters. The third kappa shape index (κ3) is 4.37. The van der Waals surface area contributed by atoms with Gasteiger partial charge in [-0.2, -0.15) is 0 Å². The number of rotatable bonds is 5. The summed E-state index contributed by atoms with van der Waals surface area (Å²) in [5, 5.41) is 4.28. The van der Waals surface area contributed by atoms with Crippen LogP contribution in [0.4, 0.5) is 0 Å². The fourth-order valence-corrected chi connectivity index (χ4v) is 4.75. The minimum Gasteiger partial charge on any atom is -0.352 e. The Hall–Kier alpha value is -2.60. The molecule has 1 fully saturated rings. The molecule has 0 radical (unpaired) electrons. The molecule has 5 nitrogen and oxygen atoms in total. The summed E-state index contributed by atoms with van der Waals surface area (Å²) in [7, 11) is 0. The first-order chi connectivity index (χ1) is 14.1. The summed E-state index contributed by atoms with van der Waals surface area (Å²) in [5.41, 5.74) is 1.28. The van der Waals surface area contributed by atoms with Crippen LogP contribution in [-0.2, 0) is 4.79 Å². The maximum absolute atomic E-state index is 13.2. The lowest BCUT2D eigenvalue weighted by Gasteiger charge is -2.29. The molecule has 150 valence electrons. The van der Waals surface area contributed by atoms with Gasteiger partial charge >= 0.3 is 0 Å². The highest BCUT2D eigenvalue weighted by Gasteiger charge is 2.23. The number of nitrogens with zero attached hydrogens (tertiary/aromatic N) is 2. The zero-order valence-electron chi connectivity index (χ0n) is 16.5. The number of amides is 1. The van der Waals surface area contributed by atoms with Gasteiger partial charge in [-0.25, -0.2) is 4.98 Å². The van der Waals surface area contributed by atoms with Crippen molar-refractivity contribution in [3.05, 3.63) is 65.0 Å². The van der Waals surface area contributed by atoms with Crippen LogP contribution >= 0.6 is 11.8 Å². The van der Waals surface area contributed by atoms with Gasteiger partial charge in [-0.05, 0) is 43.0 Å². The molecule has 0 unspecified atom stereocenters. The molecule has 0 saturated heterocycles. The molecule has 0 aliphatic heterocycles. The van der Waals surface area contributed by atoms with Crippen molar-refractivity contribution in [3.8, 4) is 5.69 Å². The van der Waals surface area contributed by atoms with E-state index in [2.05, 4.69) is 12.2 Å². The van der Waals surface area contributed by atoms with Crippen LogP contribution in [0.3, 0.4) is 0 Å². The van der Waals surface area contributed by atoms with E-state index in [1.165, 1.54) is 24.6 Å². The molecule has 1 aliphatic rings. The van der Waals surface area contributed by atoms with E-state index in [0.717, 1.165) is 18.5 Å². The number of aromatic nitrogens is 2. The molecule has 1 heterocycles. The van der Waals surface area contributed by atoms with Gasteiger partial charge in [-0.1, -0.05) is 61.9 Å². The average molecular weight is 408 g/mol. The fraction of sp³-hybridized carbons (Fsp3) is 0.348. The predicted octanol–water partition coefficient (Wildman–Crippen LogP) is 4.17. The molecule has 1 aliphatic carbocycles. The lowest BCUT2D eigenvalue weighted by molar-refractivity contribution is -0.119. The SMILES string of the molecule is C[C@@H]1CCCC[C@@H]1NC(=O)CSc1nc2ccccc2c(=O)n1-c1ccccc1. The van der Waals surface area contributed by atoms with Gasteiger partial charge in [0.2, 0.25) is 5.91 Å². The van der Waals surface area contributed by atoms with Gasteiger partial charge in [0.25, 0.3) is 5.56 Å². The zero-order chi connectivity index (χ0) is 20.2. The molecule has 1 amide bonds. The summed E-state index contributed by atoms with van der Waals surface area (Å²) in [6.45, 7) is 2.20. The highest BCUT2D eigenvalue weighted by molar-refractivity contribution is 7.99. The lowest BCUT2D eigenvalue weighted by Crippen LogP contribution is -2.41. The van der Waals surface area contributed by atoms with Crippen molar-refractivity contribution in [1.29, 1.82) is 0 Å². The smallest absolute Gasteiger partial charge is 0.266 e. The van der Waals surface area contributed by atoms with E-state index >= 15 is 0 Å². The van der Waals surface area contributed by atoms with Crippen LogP contribution < -0.4 is 10.9 Å². The van der Waals surface area contributed by atoms with Crippen molar-refractivity contribution < 1.29 is 4.79 Å². The van der Waals surface area contributed by atoms with Crippen LogP contribution in [0.2, 0.25) is 0 Å².